The number of amides is 1. The number of rotatable bonds is 3. The zero-order valence-electron chi connectivity index (χ0n) is 6.04. The molecule has 1 rings (SSSR count). The summed E-state index contributed by atoms with van der Waals surface area (Å²) in [4.78, 5) is 12.2. The second kappa shape index (κ2) is 2.84. The Bertz CT molecular complexity index is 156. The predicted octanol–water partition coefficient (Wildman–Crippen LogP) is 0.377. The number of hydrogen-bond donors (Lipinski definition) is 0. The minimum absolute atomic E-state index is 0.00880. The second-order valence-corrected chi connectivity index (χ2v) is 2.29. The number of ether oxygens (including phenoxy) is 1. The molecule has 10 heavy (non-hydrogen) atoms. The van der Waals surface area contributed by atoms with Gasteiger partial charge in [0.2, 0.25) is 5.91 Å². The molecule has 1 saturated heterocycles. The number of hydrogen-bond acceptors (Lipinski definition) is 2. The van der Waals surface area contributed by atoms with Crippen LogP contribution in [-0.4, -0.2) is 30.7 Å². The molecule has 0 radical (unpaired) electrons. The van der Waals surface area contributed by atoms with Crippen LogP contribution in [0.25, 0.3) is 0 Å². The minimum Gasteiger partial charge on any atom is -0.354 e. The third kappa shape index (κ3) is 1.19. The molecule has 0 N–H and O–H groups in total. The third-order valence-corrected chi connectivity index (χ3v) is 1.58. The first-order valence-electron chi connectivity index (χ1n) is 3.24. The summed E-state index contributed by atoms with van der Waals surface area (Å²) in [6.45, 7) is 4.02. The minimum atomic E-state index is -0.00880. The Hall–Kier alpha value is -0.830. The van der Waals surface area contributed by atoms with Crippen molar-refractivity contribution in [2.45, 2.75) is 12.6 Å². The maximum Gasteiger partial charge on any atom is 0.228 e. The van der Waals surface area contributed by atoms with Crippen molar-refractivity contribution in [3.05, 3.63) is 12.7 Å². The molecule has 1 fully saturated rings. The fourth-order valence-electron chi connectivity index (χ4n) is 0.828. The van der Waals surface area contributed by atoms with Crippen LogP contribution in [0.3, 0.4) is 0 Å². The lowest BCUT2D eigenvalue weighted by atomic mass is 10.2. The Morgan fingerprint density at radius 3 is 3.10 bits per heavy atom. The normalized spacial score (nSPS) is 24.3. The van der Waals surface area contributed by atoms with Gasteiger partial charge in [-0.2, -0.15) is 0 Å². The fourth-order valence-corrected chi connectivity index (χ4v) is 0.828. The van der Waals surface area contributed by atoms with Crippen LogP contribution in [0.1, 0.15) is 6.42 Å². The molecule has 0 bridgehead atoms. The highest BCUT2D eigenvalue weighted by atomic mass is 16.5. The van der Waals surface area contributed by atoms with E-state index in [1.807, 2.05) is 0 Å². The van der Waals surface area contributed by atoms with Crippen molar-refractivity contribution in [1.82, 2.24) is 4.90 Å². The van der Waals surface area contributed by atoms with E-state index in [-0.39, 0.29) is 12.1 Å². The van der Waals surface area contributed by atoms with Crippen LogP contribution >= 0.6 is 0 Å². The predicted molar refractivity (Wildman–Crippen MR) is 37.3 cm³/mol. The summed E-state index contributed by atoms with van der Waals surface area (Å²) in [5, 5.41) is 0. The molecule has 0 aliphatic carbocycles. The van der Waals surface area contributed by atoms with E-state index in [0.717, 1.165) is 0 Å². The van der Waals surface area contributed by atoms with Gasteiger partial charge in [0.15, 0.2) is 0 Å². The molecule has 3 heteroatoms. The largest absolute Gasteiger partial charge is 0.354 e. The van der Waals surface area contributed by atoms with Crippen LogP contribution < -0.4 is 0 Å². The SMILES string of the molecule is C=CCOC1CC(=O)N1C. The lowest BCUT2D eigenvalue weighted by Gasteiger charge is -2.36. The van der Waals surface area contributed by atoms with E-state index in [4.69, 9.17) is 4.74 Å². The van der Waals surface area contributed by atoms with Crippen LogP contribution in [-0.2, 0) is 9.53 Å². The highest BCUT2D eigenvalue weighted by molar-refractivity contribution is 5.82. The summed E-state index contributed by atoms with van der Waals surface area (Å²) in [6.07, 6.45) is 2.19. The molecular weight excluding hydrogens is 130 g/mol. The molecule has 1 aliphatic heterocycles. The van der Waals surface area contributed by atoms with Crippen molar-refractivity contribution in [2.24, 2.45) is 0 Å². The van der Waals surface area contributed by atoms with Crippen molar-refractivity contribution in [1.29, 1.82) is 0 Å². The zero-order chi connectivity index (χ0) is 7.56. The van der Waals surface area contributed by atoms with Crippen LogP contribution in [0.4, 0.5) is 0 Å². The van der Waals surface area contributed by atoms with E-state index >= 15 is 0 Å². The summed E-state index contributed by atoms with van der Waals surface area (Å²) >= 11 is 0. The Morgan fingerprint density at radius 2 is 2.70 bits per heavy atom. The first-order chi connectivity index (χ1) is 4.75. The average molecular weight is 141 g/mol. The zero-order valence-corrected chi connectivity index (χ0v) is 6.04. The number of nitrogens with zero attached hydrogens (tertiary/aromatic N) is 1. The molecule has 1 aliphatic rings. The van der Waals surface area contributed by atoms with Crippen LogP contribution in [0.5, 0.6) is 0 Å². The average Bonchev–Trinajstić information content (AvgIpc) is 1.97. The molecule has 1 heterocycles. The summed E-state index contributed by atoms with van der Waals surface area (Å²) in [7, 11) is 1.74. The van der Waals surface area contributed by atoms with E-state index in [9.17, 15) is 4.79 Å². The maximum atomic E-state index is 10.6. The van der Waals surface area contributed by atoms with Gasteiger partial charge in [-0.25, -0.2) is 0 Å². The molecule has 1 unspecified atom stereocenters. The number of carbonyl (C=O) groups excluding carboxylic acids is 1. The third-order valence-electron chi connectivity index (χ3n) is 1.58. The summed E-state index contributed by atoms with van der Waals surface area (Å²) < 4.78 is 5.20. The van der Waals surface area contributed by atoms with Gasteiger partial charge in [0.25, 0.3) is 0 Å². The highest BCUT2D eigenvalue weighted by Gasteiger charge is 2.32. The smallest absolute Gasteiger partial charge is 0.228 e. The van der Waals surface area contributed by atoms with E-state index in [1.165, 1.54) is 0 Å². The molecule has 0 aromatic rings. The standard InChI is InChI=1S/C7H11NO2/c1-3-4-10-7-5-6(9)8(7)2/h3,7H,1,4-5H2,2H3. The van der Waals surface area contributed by atoms with Gasteiger partial charge in [-0.3, -0.25) is 4.79 Å². The van der Waals surface area contributed by atoms with Gasteiger partial charge in [0.05, 0.1) is 13.0 Å². The summed E-state index contributed by atoms with van der Waals surface area (Å²) in [5.74, 6) is 0.147. The van der Waals surface area contributed by atoms with E-state index < -0.39 is 0 Å². The summed E-state index contributed by atoms with van der Waals surface area (Å²) in [6, 6.07) is 0. The molecule has 1 atom stereocenters. The van der Waals surface area contributed by atoms with Crippen molar-refractivity contribution in [2.75, 3.05) is 13.7 Å². The number of likely N-dealkylation sites (tertiary alicyclic amines) is 1. The number of β-lactam (4-membered cyclic amide) rings is 1. The molecule has 0 saturated carbocycles. The molecular formula is C7H11NO2. The van der Waals surface area contributed by atoms with Gasteiger partial charge in [0.1, 0.15) is 6.23 Å². The van der Waals surface area contributed by atoms with Crippen LogP contribution in [0.2, 0.25) is 0 Å². The second-order valence-electron chi connectivity index (χ2n) is 2.29. The molecule has 3 nitrogen and oxygen atoms in total. The van der Waals surface area contributed by atoms with Gasteiger partial charge >= 0.3 is 0 Å². The van der Waals surface area contributed by atoms with Crippen molar-refractivity contribution in [3.63, 3.8) is 0 Å². The molecule has 1 amide bonds. The van der Waals surface area contributed by atoms with Gasteiger partial charge in [0, 0.05) is 7.05 Å². The van der Waals surface area contributed by atoms with Crippen molar-refractivity contribution in [3.8, 4) is 0 Å². The van der Waals surface area contributed by atoms with E-state index in [2.05, 4.69) is 6.58 Å². The topological polar surface area (TPSA) is 29.5 Å². The quantitative estimate of drug-likeness (QED) is 0.420. The van der Waals surface area contributed by atoms with Crippen LogP contribution in [0, 0.1) is 0 Å². The van der Waals surface area contributed by atoms with E-state index in [0.29, 0.717) is 13.0 Å². The number of carbonyl (C=O) groups is 1. The Balaban J connectivity index is 2.20. The molecule has 0 aromatic heterocycles. The maximum absolute atomic E-state index is 10.6. The summed E-state index contributed by atoms with van der Waals surface area (Å²) in [5.41, 5.74) is 0. The highest BCUT2D eigenvalue weighted by Crippen LogP contribution is 2.16. The van der Waals surface area contributed by atoms with Gasteiger partial charge < -0.3 is 9.64 Å². The Labute approximate surface area is 60.3 Å². The lowest BCUT2D eigenvalue weighted by Crippen LogP contribution is -2.51. The fraction of sp³-hybridized carbons (Fsp3) is 0.571. The first kappa shape index (κ1) is 7.28. The van der Waals surface area contributed by atoms with Gasteiger partial charge in [-0.1, -0.05) is 6.08 Å². The van der Waals surface area contributed by atoms with Gasteiger partial charge in [-0.15, -0.1) is 6.58 Å². The monoisotopic (exact) mass is 141 g/mol. The molecule has 0 spiro atoms. The Morgan fingerprint density at radius 1 is 2.00 bits per heavy atom. The van der Waals surface area contributed by atoms with E-state index in [1.54, 1.807) is 18.0 Å². The van der Waals surface area contributed by atoms with Crippen molar-refractivity contribution >= 4 is 5.91 Å². The molecule has 0 aromatic carbocycles. The molecule has 56 valence electrons. The lowest BCUT2D eigenvalue weighted by molar-refractivity contribution is -0.167. The van der Waals surface area contributed by atoms with Crippen molar-refractivity contribution < 1.29 is 9.53 Å². The Kier molecular flexibility index (Phi) is 2.06. The first-order valence-corrected chi connectivity index (χ1v) is 3.24. The van der Waals surface area contributed by atoms with Gasteiger partial charge in [-0.05, 0) is 0 Å². The van der Waals surface area contributed by atoms with Crippen LogP contribution in [0.15, 0.2) is 12.7 Å².